The van der Waals surface area contributed by atoms with Crippen molar-refractivity contribution in [3.8, 4) is 22.3 Å². The maximum atomic E-state index is 9.87. The number of anilines is 3. The smallest absolute Gasteiger partial charge is 0.0714 e. The van der Waals surface area contributed by atoms with E-state index < -0.39 is 5.41 Å². The van der Waals surface area contributed by atoms with E-state index in [1.165, 1.54) is 16.7 Å². The summed E-state index contributed by atoms with van der Waals surface area (Å²) in [5, 5.41) is 0. The maximum Gasteiger partial charge on any atom is 0.0714 e. The minimum atomic E-state index is -0.699. The molecule has 0 bridgehead atoms. The molecule has 70 heavy (non-hydrogen) atoms. The summed E-state index contributed by atoms with van der Waals surface area (Å²) < 4.78 is 39.0. The lowest BCUT2D eigenvalue weighted by Gasteiger charge is -2.35. The summed E-state index contributed by atoms with van der Waals surface area (Å²) in [6.07, 6.45) is 19.2. The molecule has 0 N–H and O–H groups in total. The van der Waals surface area contributed by atoms with Crippen LogP contribution in [0, 0.1) is 0 Å². The minimum absolute atomic E-state index is 0.113. The molecule has 334 valence electrons. The molecule has 0 aliphatic heterocycles. The van der Waals surface area contributed by atoms with Crippen molar-refractivity contribution in [1.29, 1.82) is 0 Å². The van der Waals surface area contributed by atoms with Gasteiger partial charge in [0.15, 0.2) is 0 Å². The summed E-state index contributed by atoms with van der Waals surface area (Å²) in [6, 6.07) is 72.9. The number of nitrogens with zero attached hydrogens (tertiary/aromatic N) is 1. The van der Waals surface area contributed by atoms with Gasteiger partial charge < -0.3 is 4.90 Å². The van der Waals surface area contributed by atoms with Crippen molar-refractivity contribution in [3.05, 3.63) is 336 Å². The minimum Gasteiger partial charge on any atom is -0.310 e. The Bertz CT molecular complexity index is 3620. The van der Waals surface area contributed by atoms with Crippen LogP contribution in [-0.4, -0.2) is 0 Å². The highest BCUT2D eigenvalue weighted by Gasteiger charge is 2.46. The number of benzene rings is 9. The van der Waals surface area contributed by atoms with Gasteiger partial charge in [0.25, 0.3) is 0 Å². The van der Waals surface area contributed by atoms with Crippen molar-refractivity contribution >= 4 is 34.8 Å². The van der Waals surface area contributed by atoms with Crippen molar-refractivity contribution in [2.24, 2.45) is 0 Å². The Balaban J connectivity index is 1.05. The molecule has 1 heteroatoms. The van der Waals surface area contributed by atoms with Crippen molar-refractivity contribution in [2.45, 2.75) is 17.8 Å². The van der Waals surface area contributed by atoms with Crippen LogP contribution in [0.25, 0.3) is 40.0 Å². The third kappa shape index (κ3) is 8.55. The zero-order valence-electron chi connectivity index (χ0n) is 42.8. The highest BCUT2D eigenvalue weighted by atomic mass is 15.1. The van der Waals surface area contributed by atoms with E-state index in [0.29, 0.717) is 5.56 Å². The summed E-state index contributed by atoms with van der Waals surface area (Å²) in [7, 11) is 0. The van der Waals surface area contributed by atoms with E-state index >= 15 is 0 Å². The van der Waals surface area contributed by atoms with Gasteiger partial charge in [-0.2, -0.15) is 0 Å². The molecule has 0 fully saturated rings. The molecule has 0 aromatic heterocycles. The second-order valence-corrected chi connectivity index (χ2v) is 17.7. The number of hydrogen-bond acceptors (Lipinski definition) is 1. The molecule has 1 nitrogen and oxygen atoms in total. The van der Waals surface area contributed by atoms with Gasteiger partial charge in [-0.25, -0.2) is 0 Å². The molecule has 0 saturated carbocycles. The van der Waals surface area contributed by atoms with Crippen LogP contribution in [-0.2, 0) is 5.41 Å². The number of hydrogen-bond donors (Lipinski definition) is 0. The van der Waals surface area contributed by atoms with Gasteiger partial charge in [-0.05, 0) is 133 Å². The van der Waals surface area contributed by atoms with Crippen LogP contribution >= 0.6 is 0 Å². The first-order valence-corrected chi connectivity index (χ1v) is 24.0. The first kappa shape index (κ1) is 39.2. The third-order valence-corrected chi connectivity index (χ3v) is 13.5. The van der Waals surface area contributed by atoms with Gasteiger partial charge in [-0.3, -0.25) is 0 Å². The van der Waals surface area contributed by atoms with Crippen LogP contribution in [0.1, 0.15) is 62.3 Å². The molecule has 0 saturated heterocycles. The zero-order valence-corrected chi connectivity index (χ0v) is 38.8. The van der Waals surface area contributed by atoms with E-state index in [1.807, 2.05) is 65.6 Å². The quantitative estimate of drug-likeness (QED) is 0.0823. The lowest BCUT2D eigenvalue weighted by molar-refractivity contribution is 0.768. The fourth-order valence-electron chi connectivity index (χ4n) is 10.3. The molecule has 2 aliphatic rings. The average Bonchev–Trinajstić information content (AvgIpc) is 3.76. The van der Waals surface area contributed by atoms with Crippen molar-refractivity contribution < 1.29 is 5.48 Å². The summed E-state index contributed by atoms with van der Waals surface area (Å²) in [6.45, 7) is 3.75. The number of rotatable bonds is 13. The molecule has 2 aliphatic carbocycles. The largest absolute Gasteiger partial charge is 0.310 e. The molecule has 0 radical (unpaired) electrons. The van der Waals surface area contributed by atoms with Crippen LogP contribution in [0.2, 0.25) is 0 Å². The van der Waals surface area contributed by atoms with Crippen molar-refractivity contribution in [2.75, 3.05) is 4.90 Å². The summed E-state index contributed by atoms with van der Waals surface area (Å²) in [5.74, 6) is 0.118. The van der Waals surface area contributed by atoms with E-state index in [0.717, 1.165) is 67.9 Å². The number of allylic oxidation sites excluding steroid dienone is 9. The van der Waals surface area contributed by atoms with Crippen molar-refractivity contribution in [1.82, 2.24) is 0 Å². The van der Waals surface area contributed by atoms with Gasteiger partial charge in [-0.1, -0.05) is 249 Å². The van der Waals surface area contributed by atoms with E-state index in [1.54, 1.807) is 6.08 Å². The molecule has 9 aromatic rings. The molecular formula is C69H53N. The molecule has 9 aromatic carbocycles. The first-order chi connectivity index (χ1) is 36.3. The summed E-state index contributed by atoms with van der Waals surface area (Å²) in [5.41, 5.74) is 15.2. The lowest BCUT2D eigenvalue weighted by Crippen LogP contribution is -2.28. The summed E-state index contributed by atoms with van der Waals surface area (Å²) >= 11 is 0. The highest BCUT2D eigenvalue weighted by Crippen LogP contribution is 2.57. The second kappa shape index (κ2) is 19.8. The Morgan fingerprint density at radius 1 is 0.529 bits per heavy atom. The first-order valence-electron chi connectivity index (χ1n) is 26.0. The van der Waals surface area contributed by atoms with Crippen LogP contribution in [0.5, 0.6) is 0 Å². The maximum absolute atomic E-state index is 9.87. The molecule has 0 heterocycles. The van der Waals surface area contributed by atoms with Gasteiger partial charge in [0.2, 0.25) is 0 Å². The molecule has 0 spiro atoms. The Labute approximate surface area is 419 Å². The Kier molecular flexibility index (Phi) is 11.1. The van der Waals surface area contributed by atoms with Crippen LogP contribution < -0.4 is 4.90 Å². The zero-order chi connectivity index (χ0) is 50.6. The lowest BCUT2D eigenvalue weighted by atomic mass is 9.67. The fourth-order valence-corrected chi connectivity index (χ4v) is 10.3. The van der Waals surface area contributed by atoms with E-state index in [2.05, 4.69) is 207 Å². The van der Waals surface area contributed by atoms with Gasteiger partial charge >= 0.3 is 0 Å². The monoisotopic (exact) mass is 899 g/mol. The van der Waals surface area contributed by atoms with Gasteiger partial charge in [0.1, 0.15) is 0 Å². The molecule has 11 rings (SSSR count). The van der Waals surface area contributed by atoms with E-state index in [4.69, 9.17) is 0 Å². The molecular weight excluding hydrogens is 843 g/mol. The predicted octanol–water partition coefficient (Wildman–Crippen LogP) is 18.2. The predicted molar refractivity (Wildman–Crippen MR) is 298 cm³/mol. The Hall–Kier alpha value is -8.78. The van der Waals surface area contributed by atoms with E-state index in [-0.39, 0.29) is 41.3 Å². The molecule has 1 atom stereocenters. The van der Waals surface area contributed by atoms with Gasteiger partial charge in [0.05, 0.1) is 10.9 Å². The van der Waals surface area contributed by atoms with Gasteiger partial charge in [0, 0.05) is 23.0 Å². The Morgan fingerprint density at radius 2 is 1.16 bits per heavy atom. The molecule has 0 amide bonds. The molecule has 1 unspecified atom stereocenters. The van der Waals surface area contributed by atoms with Crippen molar-refractivity contribution in [3.63, 3.8) is 0 Å². The van der Waals surface area contributed by atoms with Crippen LogP contribution in [0.15, 0.2) is 291 Å². The second-order valence-electron chi connectivity index (χ2n) is 17.7. The standard InChI is InChI=1S/C69H53N/c1-2-3-4-9-21-51-24-20-27-58(48-51)55-40-44-62(45-41-55)70(61-42-38-54(39-43-61)53-34-36-57(37-35-53)66(56-25-12-6-13-26-56)49-52-22-10-5-11-23-52)63-46-47-65-64-32-18-19-33-67(64)69(68(65)50-63,59-28-14-7-15-29-59)60-30-16-8-17-31-60/h2-34,36-50,53H,1,35H2/b4-3-,21-9+,66-49+/i40D,41D,44D,45D. The fraction of sp³-hybridized carbons (Fsp3) is 0.0435. The van der Waals surface area contributed by atoms with Crippen LogP contribution in [0.4, 0.5) is 17.1 Å². The summed E-state index contributed by atoms with van der Waals surface area (Å²) in [4.78, 5) is 1.93. The normalized spacial score (nSPS) is 15.6. The van der Waals surface area contributed by atoms with Crippen LogP contribution in [0.3, 0.4) is 0 Å². The van der Waals surface area contributed by atoms with E-state index in [9.17, 15) is 5.48 Å². The topological polar surface area (TPSA) is 3.24 Å². The van der Waals surface area contributed by atoms with Gasteiger partial charge in [-0.15, -0.1) is 0 Å². The Morgan fingerprint density at radius 3 is 1.84 bits per heavy atom. The highest BCUT2D eigenvalue weighted by molar-refractivity contribution is 5.93. The third-order valence-electron chi connectivity index (χ3n) is 13.5. The SMILES string of the molecule is [2H]c1c([2H])c(N(c2ccc(C3C=CC(/C(=C/c4ccccc4)c4ccccc4)=CC3)cc2)c2ccc3c(c2)C(c2ccccc2)(c2ccccc2)c2ccccc2-3)c([2H])c([2H])c1-c1cccc(/C=C/C=C\C=C)c1. The average molecular weight is 900 g/mol. The number of fused-ring (bicyclic) bond motifs is 3.